The van der Waals surface area contributed by atoms with E-state index in [1.807, 2.05) is 19.1 Å². The van der Waals surface area contributed by atoms with Crippen molar-refractivity contribution < 1.29 is 4.79 Å². The van der Waals surface area contributed by atoms with Crippen LogP contribution in [0.2, 0.25) is 0 Å². The van der Waals surface area contributed by atoms with Crippen molar-refractivity contribution in [2.24, 2.45) is 5.10 Å². The molecule has 0 unspecified atom stereocenters. The van der Waals surface area contributed by atoms with Gasteiger partial charge in [-0.25, -0.2) is 0 Å². The van der Waals surface area contributed by atoms with E-state index in [2.05, 4.69) is 42.4 Å². The topological polar surface area (TPSA) is 41.5 Å². The maximum absolute atomic E-state index is 10.6. The first-order valence-corrected chi connectivity index (χ1v) is 7.48. The zero-order chi connectivity index (χ0) is 14.5. The quantitative estimate of drug-likeness (QED) is 0.459. The number of hydrazone groups is 1. The number of carbonyl (C=O) groups excluding carboxylic acids is 1. The lowest BCUT2D eigenvalue weighted by molar-refractivity contribution is 0.112. The number of aryl methyl sites for hydroxylation is 1. The maximum Gasteiger partial charge on any atom is 0.150 e. The third kappa shape index (κ3) is 3.77. The molecule has 102 valence electrons. The van der Waals surface area contributed by atoms with Gasteiger partial charge in [-0.05, 0) is 48.9 Å². The van der Waals surface area contributed by atoms with E-state index < -0.39 is 0 Å². The van der Waals surface area contributed by atoms with Crippen molar-refractivity contribution in [2.45, 2.75) is 6.92 Å². The summed E-state index contributed by atoms with van der Waals surface area (Å²) in [6, 6.07) is 11.2. The Hall–Kier alpha value is -1.46. The van der Waals surface area contributed by atoms with Gasteiger partial charge in [0, 0.05) is 20.1 Å². The van der Waals surface area contributed by atoms with E-state index in [1.165, 1.54) is 5.56 Å². The third-order valence-corrected chi connectivity index (χ3v) is 3.97. The zero-order valence-corrected chi connectivity index (χ0v) is 13.9. The molecule has 0 aliphatic rings. The molecule has 0 amide bonds. The Morgan fingerprint density at radius 3 is 2.25 bits per heavy atom. The highest BCUT2D eigenvalue weighted by molar-refractivity contribution is 9.11. The maximum atomic E-state index is 10.6. The summed E-state index contributed by atoms with van der Waals surface area (Å²) in [5, 5.41) is 4.20. The molecular formula is C15H12Br2N2O. The lowest BCUT2D eigenvalue weighted by Gasteiger charge is -2.04. The molecule has 3 nitrogen and oxygen atoms in total. The second kappa shape index (κ2) is 6.81. The fourth-order valence-corrected chi connectivity index (χ4v) is 3.26. The van der Waals surface area contributed by atoms with Crippen molar-refractivity contribution in [2.75, 3.05) is 5.43 Å². The van der Waals surface area contributed by atoms with Gasteiger partial charge in [0.15, 0.2) is 0 Å². The van der Waals surface area contributed by atoms with E-state index in [-0.39, 0.29) is 0 Å². The molecule has 2 rings (SSSR count). The molecule has 0 aliphatic carbocycles. The second-order valence-corrected chi connectivity index (χ2v) is 5.96. The van der Waals surface area contributed by atoms with Crippen LogP contribution in [0, 0.1) is 6.92 Å². The molecule has 0 aliphatic heterocycles. The van der Waals surface area contributed by atoms with E-state index in [1.54, 1.807) is 30.5 Å². The molecule has 0 fully saturated rings. The predicted molar refractivity (Wildman–Crippen MR) is 89.6 cm³/mol. The summed E-state index contributed by atoms with van der Waals surface area (Å²) in [7, 11) is 0. The number of hydrogen-bond acceptors (Lipinski definition) is 3. The number of anilines is 1. The second-order valence-electron chi connectivity index (χ2n) is 4.25. The van der Waals surface area contributed by atoms with Crippen LogP contribution in [0.15, 0.2) is 50.4 Å². The molecule has 2 aromatic carbocycles. The first-order chi connectivity index (χ1) is 9.60. The van der Waals surface area contributed by atoms with Gasteiger partial charge >= 0.3 is 0 Å². The van der Waals surface area contributed by atoms with E-state index in [4.69, 9.17) is 0 Å². The molecule has 0 aromatic heterocycles. The largest absolute Gasteiger partial charge is 0.298 e. The molecule has 0 spiro atoms. The molecule has 0 bridgehead atoms. The molecule has 0 heterocycles. The summed E-state index contributed by atoms with van der Waals surface area (Å²) in [5.41, 5.74) is 6.52. The van der Waals surface area contributed by atoms with Gasteiger partial charge in [-0.1, -0.05) is 31.9 Å². The fraction of sp³-hybridized carbons (Fsp3) is 0.0667. The number of aldehydes is 1. The van der Waals surface area contributed by atoms with Crippen LogP contribution in [0.3, 0.4) is 0 Å². The van der Waals surface area contributed by atoms with Gasteiger partial charge in [0.1, 0.15) is 6.29 Å². The summed E-state index contributed by atoms with van der Waals surface area (Å²) in [5.74, 6) is 0. The smallest absolute Gasteiger partial charge is 0.150 e. The van der Waals surface area contributed by atoms with Crippen molar-refractivity contribution >= 4 is 50.0 Å². The zero-order valence-electron chi connectivity index (χ0n) is 10.7. The highest BCUT2D eigenvalue weighted by atomic mass is 79.9. The van der Waals surface area contributed by atoms with Crippen LogP contribution in [-0.2, 0) is 0 Å². The number of nitrogens with zero attached hydrogens (tertiary/aromatic N) is 1. The van der Waals surface area contributed by atoms with Crippen molar-refractivity contribution in [3.63, 3.8) is 0 Å². The Bertz CT molecular complexity index is 628. The Morgan fingerprint density at radius 2 is 1.70 bits per heavy atom. The number of halogens is 2. The molecule has 2 aromatic rings. The summed E-state index contributed by atoms with van der Waals surface area (Å²) in [6.45, 7) is 2.03. The number of benzene rings is 2. The average Bonchev–Trinajstić information content (AvgIpc) is 2.42. The predicted octanol–water partition coefficient (Wildman–Crippen LogP) is 4.78. The molecule has 1 N–H and O–H groups in total. The van der Waals surface area contributed by atoms with Crippen molar-refractivity contribution in [1.82, 2.24) is 0 Å². The van der Waals surface area contributed by atoms with Crippen LogP contribution < -0.4 is 5.43 Å². The number of nitrogens with one attached hydrogen (secondary N) is 1. The Balaban J connectivity index is 2.11. The van der Waals surface area contributed by atoms with Gasteiger partial charge in [0.25, 0.3) is 0 Å². The lowest BCUT2D eigenvalue weighted by Crippen LogP contribution is -1.93. The Morgan fingerprint density at radius 1 is 1.10 bits per heavy atom. The van der Waals surface area contributed by atoms with E-state index in [0.29, 0.717) is 5.56 Å². The van der Waals surface area contributed by atoms with Crippen molar-refractivity contribution in [3.05, 3.63) is 62.0 Å². The summed E-state index contributed by atoms with van der Waals surface area (Å²) < 4.78 is 1.96. The minimum Gasteiger partial charge on any atom is -0.298 e. The molecule has 0 atom stereocenters. The van der Waals surface area contributed by atoms with Gasteiger partial charge in [0.2, 0.25) is 0 Å². The fourth-order valence-electron chi connectivity index (χ4n) is 1.64. The van der Waals surface area contributed by atoms with Gasteiger partial charge in [0.05, 0.1) is 11.9 Å². The van der Waals surface area contributed by atoms with Crippen LogP contribution in [0.4, 0.5) is 5.69 Å². The lowest BCUT2D eigenvalue weighted by atomic mass is 10.2. The molecule has 0 saturated carbocycles. The molecule has 0 saturated heterocycles. The summed E-state index contributed by atoms with van der Waals surface area (Å²) >= 11 is 7.03. The molecular weight excluding hydrogens is 384 g/mol. The minimum absolute atomic E-state index is 0.642. The standard InChI is InChI=1S/C15H12Br2N2O/c1-10-6-14(16)13(15(17)7-10)8-18-19-12-4-2-11(9-20)3-5-12/h2-9,19H,1H3/b18-8+. The first-order valence-electron chi connectivity index (χ1n) is 5.90. The Labute approximate surface area is 134 Å². The van der Waals surface area contributed by atoms with Gasteiger partial charge in [-0.3, -0.25) is 10.2 Å². The van der Waals surface area contributed by atoms with Crippen molar-refractivity contribution in [1.29, 1.82) is 0 Å². The highest BCUT2D eigenvalue weighted by Gasteiger charge is 2.03. The minimum atomic E-state index is 0.642. The van der Waals surface area contributed by atoms with Gasteiger partial charge in [-0.15, -0.1) is 0 Å². The van der Waals surface area contributed by atoms with Crippen molar-refractivity contribution in [3.8, 4) is 0 Å². The van der Waals surface area contributed by atoms with Crippen LogP contribution in [0.1, 0.15) is 21.5 Å². The molecule has 20 heavy (non-hydrogen) atoms. The van der Waals surface area contributed by atoms with Crippen LogP contribution in [0.5, 0.6) is 0 Å². The summed E-state index contributed by atoms with van der Waals surface area (Å²) in [6.07, 6.45) is 2.55. The number of rotatable bonds is 4. The highest BCUT2D eigenvalue weighted by Crippen LogP contribution is 2.25. The van der Waals surface area contributed by atoms with Crippen LogP contribution in [0.25, 0.3) is 0 Å². The number of carbonyl (C=O) groups is 1. The van der Waals surface area contributed by atoms with E-state index in [0.717, 1.165) is 26.5 Å². The van der Waals surface area contributed by atoms with E-state index >= 15 is 0 Å². The first kappa shape index (κ1) is 14.9. The SMILES string of the molecule is Cc1cc(Br)c(/C=N/Nc2ccc(C=O)cc2)c(Br)c1. The average molecular weight is 396 g/mol. The Kier molecular flexibility index (Phi) is 5.09. The molecule has 0 radical (unpaired) electrons. The number of hydrogen-bond donors (Lipinski definition) is 1. The third-order valence-electron chi connectivity index (χ3n) is 2.66. The normalized spacial score (nSPS) is 10.8. The van der Waals surface area contributed by atoms with Crippen LogP contribution in [-0.4, -0.2) is 12.5 Å². The van der Waals surface area contributed by atoms with Gasteiger partial charge < -0.3 is 0 Å². The monoisotopic (exact) mass is 394 g/mol. The van der Waals surface area contributed by atoms with Crippen LogP contribution >= 0.6 is 31.9 Å². The van der Waals surface area contributed by atoms with E-state index in [9.17, 15) is 4.79 Å². The van der Waals surface area contributed by atoms with Gasteiger partial charge in [-0.2, -0.15) is 5.10 Å². The summed E-state index contributed by atoms with van der Waals surface area (Å²) in [4.78, 5) is 10.6. The molecule has 5 heteroatoms.